The number of amides is 6. The second-order valence-corrected chi connectivity index (χ2v) is 17.8. The number of carbonyl (C=O) groups excluding carboxylic acids is 7. The molecule has 0 spiro atoms. The van der Waals surface area contributed by atoms with E-state index in [4.69, 9.17) is 16.3 Å². The van der Waals surface area contributed by atoms with E-state index in [-0.39, 0.29) is 30.8 Å². The molecule has 15 nitrogen and oxygen atoms in total. The molecule has 0 saturated carbocycles. The smallest absolute Gasteiger partial charge is 0.331 e. The molecule has 0 aliphatic carbocycles. The molecule has 8 atom stereocenters. The summed E-state index contributed by atoms with van der Waals surface area (Å²) >= 11 is 6.12. The summed E-state index contributed by atoms with van der Waals surface area (Å²) in [7, 11) is 2.84. The van der Waals surface area contributed by atoms with Gasteiger partial charge in [0.05, 0.1) is 12.6 Å². The van der Waals surface area contributed by atoms with Crippen LogP contribution in [0.5, 0.6) is 0 Å². The van der Waals surface area contributed by atoms with Gasteiger partial charge in [-0.15, -0.1) is 0 Å². The van der Waals surface area contributed by atoms with Crippen molar-refractivity contribution in [3.63, 3.8) is 0 Å². The molecular weight excluding hydrogens is 804 g/mol. The van der Waals surface area contributed by atoms with Crippen LogP contribution in [0.2, 0.25) is 5.02 Å². The summed E-state index contributed by atoms with van der Waals surface area (Å²) in [4.78, 5) is 99.1. The number of hydrogen-bond acceptors (Lipinski definition) is 9. The lowest BCUT2D eigenvalue weighted by Gasteiger charge is -2.34. The van der Waals surface area contributed by atoms with Crippen molar-refractivity contribution in [2.45, 2.75) is 144 Å². The molecule has 16 heteroatoms. The standard InChI is InChI=1S/C45H69ClN6O9/c1-14-26(5)37-41(57)50-45(10,11)44(60)61-38(27(6)15-2)29(8)35(53)21-16-28(7)39(55)48-33(22-25(3)4)40(56)47-30(9)42(58)52(13)34(23-31-17-19-32(46)20-18-31)43(59)51(12)24-36(54)49-37/h15-20,25-26,29-30,33-35,37-38,53H,14,21-24H2,1-13H3,(H,47,56)(H,48,55)(H,49,54)(H,50,57)/b27-15+,28-16+/t26?,29-,30-,33+,34+,35-,37-,38+/m0/s1. The maximum atomic E-state index is 14.2. The maximum Gasteiger partial charge on any atom is 0.331 e. The van der Waals surface area contributed by atoms with Crippen LogP contribution in [0.3, 0.4) is 0 Å². The lowest BCUT2D eigenvalue weighted by Crippen LogP contribution is -2.60. The number of nitrogens with one attached hydrogen (secondary N) is 4. The first-order valence-electron chi connectivity index (χ1n) is 21.0. The molecule has 0 fully saturated rings. The van der Waals surface area contributed by atoms with Gasteiger partial charge >= 0.3 is 5.97 Å². The lowest BCUT2D eigenvalue weighted by molar-refractivity contribution is -0.159. The molecule has 2 rings (SSSR count). The number of cyclic esters (lactones) is 1. The van der Waals surface area contributed by atoms with Gasteiger partial charge in [0, 0.05) is 37.0 Å². The normalized spacial score (nSPS) is 27.9. The quantitative estimate of drug-likeness (QED) is 0.199. The first-order chi connectivity index (χ1) is 28.3. The summed E-state index contributed by atoms with van der Waals surface area (Å²) < 4.78 is 5.98. The van der Waals surface area contributed by atoms with Crippen LogP contribution < -0.4 is 21.3 Å². The van der Waals surface area contributed by atoms with Crippen molar-refractivity contribution in [1.82, 2.24) is 31.1 Å². The van der Waals surface area contributed by atoms with Crippen molar-refractivity contribution in [2.24, 2.45) is 17.8 Å². The van der Waals surface area contributed by atoms with E-state index < -0.39 is 102 Å². The van der Waals surface area contributed by atoms with Gasteiger partial charge in [0.15, 0.2) is 0 Å². The number of allylic oxidation sites excluding steroid dienone is 1. The van der Waals surface area contributed by atoms with Crippen LogP contribution in [-0.4, -0.2) is 119 Å². The summed E-state index contributed by atoms with van der Waals surface area (Å²) in [6.45, 7) is 18.1. The van der Waals surface area contributed by atoms with E-state index in [1.165, 1.54) is 45.8 Å². The van der Waals surface area contributed by atoms with Crippen LogP contribution in [0.15, 0.2) is 47.6 Å². The number of nitrogens with zero attached hydrogens (tertiary/aromatic N) is 2. The summed E-state index contributed by atoms with van der Waals surface area (Å²) in [5, 5.41) is 22.7. The number of rotatable bonds is 7. The minimum atomic E-state index is -1.58. The van der Waals surface area contributed by atoms with Gasteiger partial charge in [0.25, 0.3) is 0 Å². The Morgan fingerprint density at radius 2 is 1.57 bits per heavy atom. The summed E-state index contributed by atoms with van der Waals surface area (Å²) in [6.07, 6.45) is 2.07. The Bertz CT molecular complexity index is 1800. The van der Waals surface area contributed by atoms with E-state index in [9.17, 15) is 38.7 Å². The van der Waals surface area contributed by atoms with E-state index >= 15 is 0 Å². The van der Waals surface area contributed by atoms with Gasteiger partial charge in [-0.2, -0.15) is 0 Å². The average Bonchev–Trinajstić information content (AvgIpc) is 3.20. The molecule has 340 valence electrons. The topological polar surface area (TPSA) is 204 Å². The molecule has 0 radical (unpaired) electrons. The summed E-state index contributed by atoms with van der Waals surface area (Å²) in [6, 6.07) is 2.32. The number of ether oxygens (including phenoxy) is 1. The number of likely N-dealkylation sites (N-methyl/N-ethyl adjacent to an activating group) is 2. The van der Waals surface area contributed by atoms with Crippen molar-refractivity contribution >= 4 is 53.0 Å². The molecule has 5 N–H and O–H groups in total. The van der Waals surface area contributed by atoms with Crippen LogP contribution >= 0.6 is 11.6 Å². The van der Waals surface area contributed by atoms with Crippen LogP contribution in [0.4, 0.5) is 0 Å². The Morgan fingerprint density at radius 1 is 0.967 bits per heavy atom. The molecule has 6 amide bonds. The Labute approximate surface area is 366 Å². The van der Waals surface area contributed by atoms with Gasteiger partial charge < -0.3 is 40.9 Å². The van der Waals surface area contributed by atoms with E-state index in [1.807, 2.05) is 20.8 Å². The number of carbonyl (C=O) groups is 7. The van der Waals surface area contributed by atoms with E-state index in [0.717, 1.165) is 4.90 Å². The fraction of sp³-hybridized carbons (Fsp3) is 0.622. The predicted molar refractivity (Wildman–Crippen MR) is 235 cm³/mol. The lowest BCUT2D eigenvalue weighted by atomic mass is 9.90. The maximum absolute atomic E-state index is 14.2. The molecule has 0 saturated heterocycles. The summed E-state index contributed by atoms with van der Waals surface area (Å²) in [5.41, 5.74) is -0.0370. The average molecular weight is 874 g/mol. The summed E-state index contributed by atoms with van der Waals surface area (Å²) in [5.74, 6) is -5.53. The zero-order valence-electron chi connectivity index (χ0n) is 38.2. The second-order valence-electron chi connectivity index (χ2n) is 17.3. The van der Waals surface area contributed by atoms with Crippen LogP contribution in [-0.2, 0) is 44.7 Å². The van der Waals surface area contributed by atoms with Crippen molar-refractivity contribution in [1.29, 1.82) is 0 Å². The molecule has 61 heavy (non-hydrogen) atoms. The molecule has 0 aromatic heterocycles. The Balaban J connectivity index is 2.67. The number of benzene rings is 1. The highest BCUT2D eigenvalue weighted by Crippen LogP contribution is 2.25. The molecule has 1 aliphatic rings. The minimum Gasteiger partial charge on any atom is -0.456 e. The number of halogens is 1. The Kier molecular flexibility index (Phi) is 20.1. The Hall–Kier alpha value is -4.76. The zero-order valence-corrected chi connectivity index (χ0v) is 38.9. The third-order valence-corrected chi connectivity index (χ3v) is 11.5. The van der Waals surface area contributed by atoms with Gasteiger partial charge in [-0.05, 0) is 89.5 Å². The number of esters is 1. The van der Waals surface area contributed by atoms with Crippen LogP contribution in [0.1, 0.15) is 101 Å². The van der Waals surface area contributed by atoms with Crippen LogP contribution in [0, 0.1) is 17.8 Å². The van der Waals surface area contributed by atoms with Gasteiger partial charge in [-0.3, -0.25) is 28.8 Å². The molecule has 1 heterocycles. The molecule has 0 bridgehead atoms. The van der Waals surface area contributed by atoms with Gasteiger partial charge in [0.2, 0.25) is 35.4 Å². The monoisotopic (exact) mass is 872 g/mol. The fourth-order valence-electron chi connectivity index (χ4n) is 6.80. The zero-order chi connectivity index (χ0) is 46.5. The molecular formula is C45H69ClN6O9. The largest absolute Gasteiger partial charge is 0.456 e. The predicted octanol–water partition coefficient (Wildman–Crippen LogP) is 3.85. The number of hydrogen-bond donors (Lipinski definition) is 5. The second kappa shape index (κ2) is 23.5. The highest BCUT2D eigenvalue weighted by atomic mass is 35.5. The van der Waals surface area contributed by atoms with Gasteiger partial charge in [0.1, 0.15) is 35.8 Å². The molecule has 1 unspecified atom stereocenters. The minimum absolute atomic E-state index is 0.00584. The van der Waals surface area contributed by atoms with Gasteiger partial charge in [-0.25, -0.2) is 4.79 Å². The SMILES string of the molecule is C/C=C(\C)[C@H]1OC(=O)C(C)(C)NC(=O)[C@H](C(C)CC)NC(=O)CN(C)C(=O)[C@@H](Cc2ccc(Cl)cc2)N(C)C(=O)[C@H](C)NC(=O)[C@@H](CC(C)C)NC(=O)/C(C)=C/C[C@H](O)[C@@H]1C. The number of aliphatic hydroxyl groups is 1. The van der Waals surface area contributed by atoms with Crippen LogP contribution in [0.25, 0.3) is 0 Å². The third-order valence-electron chi connectivity index (χ3n) is 11.3. The number of aliphatic hydroxyl groups excluding tert-OH is 1. The first kappa shape index (κ1) is 52.4. The van der Waals surface area contributed by atoms with E-state index in [0.29, 0.717) is 22.6 Å². The van der Waals surface area contributed by atoms with E-state index in [1.54, 1.807) is 65.0 Å². The highest BCUT2D eigenvalue weighted by molar-refractivity contribution is 6.30. The van der Waals surface area contributed by atoms with Crippen molar-refractivity contribution in [2.75, 3.05) is 20.6 Å². The third kappa shape index (κ3) is 15.3. The van der Waals surface area contributed by atoms with Gasteiger partial charge in [-0.1, -0.05) is 76.9 Å². The molecule has 1 aliphatic heterocycles. The van der Waals surface area contributed by atoms with Crippen molar-refractivity contribution in [3.8, 4) is 0 Å². The Morgan fingerprint density at radius 3 is 2.13 bits per heavy atom. The molecule has 1 aromatic rings. The van der Waals surface area contributed by atoms with E-state index in [2.05, 4.69) is 21.3 Å². The highest BCUT2D eigenvalue weighted by Gasteiger charge is 2.40. The van der Waals surface area contributed by atoms with Crippen molar-refractivity contribution in [3.05, 3.63) is 58.1 Å². The first-order valence-corrected chi connectivity index (χ1v) is 21.4. The van der Waals surface area contributed by atoms with Crippen molar-refractivity contribution < 1.29 is 43.4 Å². The fourth-order valence-corrected chi connectivity index (χ4v) is 6.92. The molecule has 1 aromatic carbocycles.